The number of rotatable bonds is 5. The molecule has 0 saturated carbocycles. The molecule has 0 unspecified atom stereocenters. The number of benzene rings is 1. The molecule has 92 valence electrons. The summed E-state index contributed by atoms with van der Waals surface area (Å²) < 4.78 is 23.9. The van der Waals surface area contributed by atoms with Gasteiger partial charge in [-0.3, -0.25) is 0 Å². The average Bonchev–Trinajstić information content (AvgIpc) is 2.28. The van der Waals surface area contributed by atoms with Crippen LogP contribution < -0.4 is 0 Å². The van der Waals surface area contributed by atoms with Gasteiger partial charge in [0.15, 0.2) is 9.84 Å². The summed E-state index contributed by atoms with van der Waals surface area (Å²) in [6.45, 7) is 4.01. The van der Waals surface area contributed by atoms with Crippen LogP contribution in [0.5, 0.6) is 0 Å². The third-order valence-corrected chi connectivity index (χ3v) is 4.19. The van der Waals surface area contributed by atoms with Crippen LogP contribution in [0.15, 0.2) is 34.2 Å². The lowest BCUT2D eigenvalue weighted by atomic mass is 10.2. The first kappa shape index (κ1) is 14.0. The summed E-state index contributed by atoms with van der Waals surface area (Å²) in [6.07, 6.45) is 0.669. The number of sulfone groups is 1. The van der Waals surface area contributed by atoms with E-state index in [0.29, 0.717) is 22.9 Å². The van der Waals surface area contributed by atoms with Gasteiger partial charge in [-0.15, -0.1) is 0 Å². The van der Waals surface area contributed by atoms with Crippen LogP contribution in [-0.2, 0) is 9.84 Å². The van der Waals surface area contributed by atoms with E-state index in [4.69, 9.17) is 0 Å². The first-order chi connectivity index (χ1) is 7.95. The fourth-order valence-corrected chi connectivity index (χ4v) is 2.96. The highest BCUT2D eigenvalue weighted by Crippen LogP contribution is 2.18. The van der Waals surface area contributed by atoms with Crippen LogP contribution in [-0.4, -0.2) is 19.3 Å². The van der Waals surface area contributed by atoms with E-state index in [9.17, 15) is 8.42 Å². The molecule has 1 aromatic carbocycles. The molecule has 0 aliphatic heterocycles. The zero-order valence-corrected chi connectivity index (χ0v) is 11.5. The van der Waals surface area contributed by atoms with Gasteiger partial charge in [-0.1, -0.05) is 13.8 Å². The molecule has 0 bridgehead atoms. The van der Waals surface area contributed by atoms with Crippen molar-refractivity contribution in [3.8, 4) is 0 Å². The van der Waals surface area contributed by atoms with Crippen molar-refractivity contribution in [2.45, 2.75) is 25.2 Å². The van der Waals surface area contributed by atoms with Crippen LogP contribution in [0.3, 0.4) is 0 Å². The van der Waals surface area contributed by atoms with Crippen molar-refractivity contribution in [2.75, 3.05) is 5.75 Å². The predicted octanol–water partition coefficient (Wildman–Crippen LogP) is 3.24. The summed E-state index contributed by atoms with van der Waals surface area (Å²) in [7, 11) is -3.18. The lowest BCUT2D eigenvalue weighted by molar-refractivity contribution is 0.574. The van der Waals surface area contributed by atoms with Gasteiger partial charge in [0.2, 0.25) is 0 Å². The molecular formula is C12H15NO2S2. The molecule has 0 radical (unpaired) electrons. The van der Waals surface area contributed by atoms with Gasteiger partial charge in [-0.2, -0.15) is 4.99 Å². The quantitative estimate of drug-likeness (QED) is 0.609. The standard InChI is InChI=1S/C12H15NO2S2/c1-10(2)7-8-17(14,15)12-5-3-11(4-6-12)13-9-16/h3-6,10H,7-8H2,1-2H3. The summed E-state index contributed by atoms with van der Waals surface area (Å²) in [4.78, 5) is 4.11. The van der Waals surface area contributed by atoms with E-state index >= 15 is 0 Å². The van der Waals surface area contributed by atoms with E-state index in [1.54, 1.807) is 24.3 Å². The minimum Gasteiger partial charge on any atom is -0.224 e. The lowest BCUT2D eigenvalue weighted by Gasteiger charge is -2.06. The Kier molecular flexibility index (Phi) is 5.00. The van der Waals surface area contributed by atoms with E-state index in [1.165, 1.54) is 0 Å². The number of isothiocyanates is 1. The topological polar surface area (TPSA) is 46.5 Å². The van der Waals surface area contributed by atoms with Crippen LogP contribution in [0.25, 0.3) is 0 Å². The van der Waals surface area contributed by atoms with Crippen molar-refractivity contribution in [1.82, 2.24) is 0 Å². The number of nitrogens with zero attached hydrogens (tertiary/aromatic N) is 1. The fourth-order valence-electron chi connectivity index (χ4n) is 1.29. The van der Waals surface area contributed by atoms with Gasteiger partial charge in [0.05, 0.1) is 21.5 Å². The average molecular weight is 269 g/mol. The Bertz CT molecular complexity index is 512. The zero-order valence-electron chi connectivity index (χ0n) is 9.88. The third-order valence-electron chi connectivity index (χ3n) is 2.33. The molecule has 0 N–H and O–H groups in total. The Morgan fingerprint density at radius 2 is 1.88 bits per heavy atom. The van der Waals surface area contributed by atoms with Crippen molar-refractivity contribution in [3.05, 3.63) is 24.3 Å². The smallest absolute Gasteiger partial charge is 0.178 e. The largest absolute Gasteiger partial charge is 0.224 e. The second-order valence-electron chi connectivity index (χ2n) is 4.20. The van der Waals surface area contributed by atoms with E-state index in [1.807, 2.05) is 13.8 Å². The van der Waals surface area contributed by atoms with E-state index in [2.05, 4.69) is 22.4 Å². The SMILES string of the molecule is CC(C)CCS(=O)(=O)c1ccc(N=C=S)cc1. The molecule has 5 heteroatoms. The molecule has 3 nitrogen and oxygen atoms in total. The molecular weight excluding hydrogens is 254 g/mol. The van der Waals surface area contributed by atoms with E-state index < -0.39 is 9.84 Å². The van der Waals surface area contributed by atoms with Gasteiger partial charge in [-0.05, 0) is 48.8 Å². The highest BCUT2D eigenvalue weighted by atomic mass is 32.2. The third kappa shape index (κ3) is 4.38. The molecule has 0 heterocycles. The highest BCUT2D eigenvalue weighted by Gasteiger charge is 2.14. The summed E-state index contributed by atoms with van der Waals surface area (Å²) in [5.74, 6) is 0.559. The van der Waals surface area contributed by atoms with Gasteiger partial charge >= 0.3 is 0 Å². The molecule has 0 aliphatic rings. The number of thiocarbonyl (C=S) groups is 1. The zero-order chi connectivity index (χ0) is 12.9. The summed E-state index contributed by atoms with van der Waals surface area (Å²) in [6, 6.07) is 6.37. The minimum atomic E-state index is -3.18. The minimum absolute atomic E-state index is 0.181. The Labute approximate surface area is 108 Å². The van der Waals surface area contributed by atoms with Crippen molar-refractivity contribution in [1.29, 1.82) is 0 Å². The molecule has 1 rings (SSSR count). The maximum Gasteiger partial charge on any atom is 0.178 e. The summed E-state index contributed by atoms with van der Waals surface area (Å²) >= 11 is 4.48. The van der Waals surface area contributed by atoms with Gasteiger partial charge in [0, 0.05) is 0 Å². The van der Waals surface area contributed by atoms with Crippen LogP contribution in [0.2, 0.25) is 0 Å². The molecule has 0 spiro atoms. The predicted molar refractivity (Wildman–Crippen MR) is 72.6 cm³/mol. The Hall–Kier alpha value is -1.03. The Balaban J connectivity index is 2.88. The van der Waals surface area contributed by atoms with Crippen molar-refractivity contribution in [2.24, 2.45) is 10.9 Å². The summed E-state index contributed by atoms with van der Waals surface area (Å²) in [5, 5.41) is 2.24. The van der Waals surface area contributed by atoms with Crippen LogP contribution >= 0.6 is 12.2 Å². The lowest BCUT2D eigenvalue weighted by Crippen LogP contribution is -2.08. The maximum atomic E-state index is 11.9. The van der Waals surface area contributed by atoms with Crippen molar-refractivity contribution < 1.29 is 8.42 Å². The van der Waals surface area contributed by atoms with Crippen LogP contribution in [0, 0.1) is 5.92 Å². The monoisotopic (exact) mass is 269 g/mol. The van der Waals surface area contributed by atoms with Gasteiger partial charge in [0.1, 0.15) is 0 Å². The maximum absolute atomic E-state index is 11.9. The number of aliphatic imine (C=N–C) groups is 1. The van der Waals surface area contributed by atoms with Crippen LogP contribution in [0.1, 0.15) is 20.3 Å². The van der Waals surface area contributed by atoms with Crippen molar-refractivity contribution in [3.63, 3.8) is 0 Å². The number of hydrogen-bond acceptors (Lipinski definition) is 4. The van der Waals surface area contributed by atoms with Crippen molar-refractivity contribution >= 4 is 32.9 Å². The molecule has 0 aliphatic carbocycles. The second-order valence-corrected chi connectivity index (χ2v) is 6.49. The van der Waals surface area contributed by atoms with Gasteiger partial charge in [0.25, 0.3) is 0 Å². The Morgan fingerprint density at radius 1 is 1.29 bits per heavy atom. The van der Waals surface area contributed by atoms with E-state index in [0.717, 1.165) is 0 Å². The normalized spacial score (nSPS) is 11.2. The molecule has 1 aromatic rings. The number of hydrogen-bond donors (Lipinski definition) is 0. The van der Waals surface area contributed by atoms with Gasteiger partial charge in [-0.25, -0.2) is 8.42 Å². The highest BCUT2D eigenvalue weighted by molar-refractivity contribution is 7.91. The second kappa shape index (κ2) is 6.05. The molecule has 0 fully saturated rings. The first-order valence-corrected chi connectivity index (χ1v) is 7.42. The fraction of sp³-hybridized carbons (Fsp3) is 0.417. The Morgan fingerprint density at radius 3 is 2.35 bits per heavy atom. The summed E-state index contributed by atoms with van der Waals surface area (Å²) in [5.41, 5.74) is 0.614. The van der Waals surface area contributed by atoms with Gasteiger partial charge < -0.3 is 0 Å². The van der Waals surface area contributed by atoms with Crippen LogP contribution in [0.4, 0.5) is 5.69 Å². The molecule has 0 saturated heterocycles. The molecule has 0 aromatic heterocycles. The molecule has 17 heavy (non-hydrogen) atoms. The molecule has 0 amide bonds. The van der Waals surface area contributed by atoms with E-state index in [-0.39, 0.29) is 5.75 Å². The first-order valence-electron chi connectivity index (χ1n) is 5.36. The molecule has 0 atom stereocenters.